The fourth-order valence-corrected chi connectivity index (χ4v) is 2.27. The van der Waals surface area contributed by atoms with Crippen molar-refractivity contribution in [3.8, 4) is 0 Å². The average Bonchev–Trinajstić information content (AvgIpc) is 3.09. The largest absolute Gasteiger partial charge is 0.361 e. The molecule has 0 atom stereocenters. The predicted octanol–water partition coefficient (Wildman–Crippen LogP) is 1.79. The van der Waals surface area contributed by atoms with Gasteiger partial charge in [-0.2, -0.15) is 0 Å². The molecule has 0 aliphatic carbocycles. The van der Waals surface area contributed by atoms with Crippen molar-refractivity contribution in [2.24, 2.45) is 0 Å². The van der Waals surface area contributed by atoms with Crippen molar-refractivity contribution in [2.75, 3.05) is 6.54 Å². The predicted molar refractivity (Wildman–Crippen MR) is 77.3 cm³/mol. The van der Waals surface area contributed by atoms with Crippen LogP contribution in [0.25, 0.3) is 10.9 Å². The highest BCUT2D eigenvalue weighted by Crippen LogP contribution is 2.17. The molecule has 0 aliphatic heterocycles. The number of aromatic nitrogens is 3. The SMILES string of the molecule is O=C(Cc1c[nH]c2ccccc12)NCCc1cnc[nH]1. The molecule has 2 aromatic heterocycles. The van der Waals surface area contributed by atoms with Crippen molar-refractivity contribution in [1.29, 1.82) is 0 Å². The van der Waals surface area contributed by atoms with E-state index in [1.54, 1.807) is 12.5 Å². The minimum Gasteiger partial charge on any atom is -0.361 e. The van der Waals surface area contributed by atoms with E-state index in [4.69, 9.17) is 0 Å². The summed E-state index contributed by atoms with van der Waals surface area (Å²) in [4.78, 5) is 22.1. The summed E-state index contributed by atoms with van der Waals surface area (Å²) in [7, 11) is 0. The zero-order chi connectivity index (χ0) is 13.8. The van der Waals surface area contributed by atoms with Crippen molar-refractivity contribution in [3.05, 3.63) is 54.2 Å². The molecular weight excluding hydrogens is 252 g/mol. The first-order chi connectivity index (χ1) is 9.83. The summed E-state index contributed by atoms with van der Waals surface area (Å²) in [5, 5.41) is 4.03. The van der Waals surface area contributed by atoms with Gasteiger partial charge in [0.25, 0.3) is 0 Å². The van der Waals surface area contributed by atoms with E-state index < -0.39 is 0 Å². The lowest BCUT2D eigenvalue weighted by Crippen LogP contribution is -2.27. The molecule has 20 heavy (non-hydrogen) atoms. The van der Waals surface area contributed by atoms with Crippen LogP contribution in [0.3, 0.4) is 0 Å². The minimum absolute atomic E-state index is 0.0364. The molecule has 0 saturated carbocycles. The molecule has 3 rings (SSSR count). The Bertz CT molecular complexity index is 700. The Morgan fingerprint density at radius 2 is 2.15 bits per heavy atom. The number of rotatable bonds is 5. The molecule has 0 radical (unpaired) electrons. The van der Waals surface area contributed by atoms with Gasteiger partial charge in [0.05, 0.1) is 12.7 Å². The Labute approximate surface area is 116 Å². The van der Waals surface area contributed by atoms with Gasteiger partial charge in [-0.25, -0.2) is 4.98 Å². The van der Waals surface area contributed by atoms with Gasteiger partial charge in [0.15, 0.2) is 0 Å². The molecule has 5 heteroatoms. The summed E-state index contributed by atoms with van der Waals surface area (Å²) < 4.78 is 0. The Kier molecular flexibility index (Phi) is 3.50. The van der Waals surface area contributed by atoms with Gasteiger partial charge in [0, 0.05) is 42.0 Å². The number of carbonyl (C=O) groups excluding carboxylic acids is 1. The second-order valence-electron chi connectivity index (χ2n) is 4.71. The van der Waals surface area contributed by atoms with E-state index in [-0.39, 0.29) is 5.91 Å². The van der Waals surface area contributed by atoms with Gasteiger partial charge in [-0.3, -0.25) is 4.79 Å². The van der Waals surface area contributed by atoms with Gasteiger partial charge in [-0.1, -0.05) is 18.2 Å². The first-order valence-electron chi connectivity index (χ1n) is 6.62. The van der Waals surface area contributed by atoms with Crippen LogP contribution < -0.4 is 5.32 Å². The lowest BCUT2D eigenvalue weighted by molar-refractivity contribution is -0.120. The summed E-state index contributed by atoms with van der Waals surface area (Å²) in [6, 6.07) is 8.00. The maximum Gasteiger partial charge on any atom is 0.224 e. The third kappa shape index (κ3) is 2.71. The van der Waals surface area contributed by atoms with Crippen molar-refractivity contribution in [3.63, 3.8) is 0 Å². The molecule has 0 spiro atoms. The third-order valence-electron chi connectivity index (χ3n) is 3.30. The van der Waals surface area contributed by atoms with E-state index in [2.05, 4.69) is 20.3 Å². The van der Waals surface area contributed by atoms with Crippen molar-refractivity contribution in [2.45, 2.75) is 12.8 Å². The standard InChI is InChI=1S/C15H16N4O/c20-15(17-6-5-12-9-16-10-19-12)7-11-8-18-14-4-2-1-3-13(11)14/h1-4,8-10,18H,5-7H2,(H,16,19)(H,17,20). The molecule has 1 aromatic carbocycles. The number of hydrogen-bond acceptors (Lipinski definition) is 2. The Hall–Kier alpha value is -2.56. The normalized spacial score (nSPS) is 10.8. The zero-order valence-corrected chi connectivity index (χ0v) is 11.0. The molecule has 0 saturated heterocycles. The maximum absolute atomic E-state index is 11.9. The summed E-state index contributed by atoms with van der Waals surface area (Å²) in [6.45, 7) is 0.614. The highest BCUT2D eigenvalue weighted by molar-refractivity contribution is 5.88. The number of nitrogens with zero attached hydrogens (tertiary/aromatic N) is 1. The van der Waals surface area contributed by atoms with Crippen molar-refractivity contribution < 1.29 is 4.79 Å². The summed E-state index contributed by atoms with van der Waals surface area (Å²) in [5.41, 5.74) is 3.12. The van der Waals surface area contributed by atoms with E-state index in [0.717, 1.165) is 28.6 Å². The first kappa shape index (κ1) is 12.5. The molecule has 0 bridgehead atoms. The molecular formula is C15H16N4O. The molecule has 3 aromatic rings. The average molecular weight is 268 g/mol. The second-order valence-corrected chi connectivity index (χ2v) is 4.71. The number of amides is 1. The summed E-state index contributed by atoms with van der Waals surface area (Å²) in [6.07, 6.45) is 6.47. The quantitative estimate of drug-likeness (QED) is 0.660. The van der Waals surface area contributed by atoms with Crippen LogP contribution in [0.2, 0.25) is 0 Å². The Morgan fingerprint density at radius 3 is 3.00 bits per heavy atom. The van der Waals surface area contributed by atoms with Gasteiger partial charge in [-0.05, 0) is 11.6 Å². The van der Waals surface area contributed by atoms with E-state index >= 15 is 0 Å². The molecule has 0 unspecified atom stereocenters. The molecule has 5 nitrogen and oxygen atoms in total. The Morgan fingerprint density at radius 1 is 1.25 bits per heavy atom. The van der Waals surface area contributed by atoms with Gasteiger partial charge in [0.2, 0.25) is 5.91 Å². The molecule has 102 valence electrons. The molecule has 0 aliphatic rings. The minimum atomic E-state index is 0.0364. The number of H-pyrrole nitrogens is 2. The topological polar surface area (TPSA) is 73.6 Å². The highest BCUT2D eigenvalue weighted by atomic mass is 16.1. The molecule has 0 fully saturated rings. The van der Waals surface area contributed by atoms with Gasteiger partial charge >= 0.3 is 0 Å². The number of carbonyl (C=O) groups is 1. The zero-order valence-electron chi connectivity index (χ0n) is 11.0. The van der Waals surface area contributed by atoms with Crippen LogP contribution in [0.1, 0.15) is 11.3 Å². The lowest BCUT2D eigenvalue weighted by atomic mass is 10.1. The second kappa shape index (κ2) is 5.61. The fraction of sp³-hybridized carbons (Fsp3) is 0.200. The van der Waals surface area contributed by atoms with E-state index in [0.29, 0.717) is 13.0 Å². The summed E-state index contributed by atoms with van der Waals surface area (Å²) >= 11 is 0. The number of nitrogens with one attached hydrogen (secondary N) is 3. The van der Waals surface area contributed by atoms with Crippen LogP contribution >= 0.6 is 0 Å². The number of fused-ring (bicyclic) bond motifs is 1. The number of para-hydroxylation sites is 1. The Balaban J connectivity index is 1.56. The van der Waals surface area contributed by atoms with E-state index in [1.165, 1.54) is 0 Å². The van der Waals surface area contributed by atoms with Gasteiger partial charge in [-0.15, -0.1) is 0 Å². The summed E-state index contributed by atoms with van der Waals surface area (Å²) in [5.74, 6) is 0.0364. The lowest BCUT2D eigenvalue weighted by Gasteiger charge is -2.03. The van der Waals surface area contributed by atoms with Gasteiger partial charge < -0.3 is 15.3 Å². The first-order valence-corrected chi connectivity index (χ1v) is 6.62. The number of benzene rings is 1. The van der Waals surface area contributed by atoms with Crippen LogP contribution in [0.4, 0.5) is 0 Å². The van der Waals surface area contributed by atoms with Crippen LogP contribution in [-0.2, 0) is 17.6 Å². The van der Waals surface area contributed by atoms with Crippen LogP contribution in [0, 0.1) is 0 Å². The fourth-order valence-electron chi connectivity index (χ4n) is 2.27. The number of aromatic amines is 2. The van der Waals surface area contributed by atoms with Crippen LogP contribution in [0.5, 0.6) is 0 Å². The smallest absolute Gasteiger partial charge is 0.224 e. The highest BCUT2D eigenvalue weighted by Gasteiger charge is 2.08. The molecule has 2 heterocycles. The van der Waals surface area contributed by atoms with Crippen molar-refractivity contribution in [1.82, 2.24) is 20.3 Å². The molecule has 3 N–H and O–H groups in total. The van der Waals surface area contributed by atoms with Crippen LogP contribution in [-0.4, -0.2) is 27.4 Å². The molecule has 1 amide bonds. The van der Waals surface area contributed by atoms with Crippen molar-refractivity contribution >= 4 is 16.8 Å². The number of hydrogen-bond donors (Lipinski definition) is 3. The number of imidazole rings is 1. The monoisotopic (exact) mass is 268 g/mol. The van der Waals surface area contributed by atoms with Crippen LogP contribution in [0.15, 0.2) is 43.0 Å². The third-order valence-corrected chi connectivity index (χ3v) is 3.30. The maximum atomic E-state index is 11.9. The van der Waals surface area contributed by atoms with Gasteiger partial charge in [0.1, 0.15) is 0 Å². The van der Waals surface area contributed by atoms with E-state index in [9.17, 15) is 4.79 Å². The van der Waals surface area contributed by atoms with E-state index in [1.807, 2.05) is 30.5 Å².